The van der Waals surface area contributed by atoms with Crippen LogP contribution in [0.2, 0.25) is 0 Å². The minimum Gasteiger partial charge on any atom is -0.357 e. The molecule has 162 valence electrons. The van der Waals surface area contributed by atoms with Crippen molar-refractivity contribution in [3.8, 4) is 0 Å². The van der Waals surface area contributed by atoms with Crippen LogP contribution in [0.15, 0.2) is 41.7 Å². The van der Waals surface area contributed by atoms with Crippen molar-refractivity contribution in [3.05, 3.63) is 53.3 Å². The van der Waals surface area contributed by atoms with E-state index in [1.54, 1.807) is 0 Å². The van der Waals surface area contributed by atoms with Gasteiger partial charge in [0.25, 0.3) is 0 Å². The number of aliphatic imine (C=N–C) groups is 1. The number of aryl methyl sites for hydroxylation is 2. The summed E-state index contributed by atoms with van der Waals surface area (Å²) in [5.74, 6) is 1.73. The van der Waals surface area contributed by atoms with E-state index in [-0.39, 0.29) is 0 Å². The van der Waals surface area contributed by atoms with E-state index in [0.717, 1.165) is 64.1 Å². The van der Waals surface area contributed by atoms with Gasteiger partial charge in [-0.25, -0.2) is 15.0 Å². The van der Waals surface area contributed by atoms with Gasteiger partial charge in [0.15, 0.2) is 5.96 Å². The first-order chi connectivity index (χ1) is 14.7. The Morgan fingerprint density at radius 1 is 1.07 bits per heavy atom. The first-order valence-corrected chi connectivity index (χ1v) is 11.0. The van der Waals surface area contributed by atoms with Gasteiger partial charge in [0.2, 0.25) is 5.95 Å². The van der Waals surface area contributed by atoms with Gasteiger partial charge in [-0.05, 0) is 50.9 Å². The number of piperazine rings is 1. The molecule has 1 aliphatic rings. The highest BCUT2D eigenvalue weighted by atomic mass is 15.3. The molecule has 0 atom stereocenters. The lowest BCUT2D eigenvalue weighted by Gasteiger charge is -2.34. The van der Waals surface area contributed by atoms with Gasteiger partial charge < -0.3 is 15.5 Å². The number of hydrogen-bond acceptors (Lipinski definition) is 5. The predicted octanol–water partition coefficient (Wildman–Crippen LogP) is 2.36. The second kappa shape index (κ2) is 11.5. The topological polar surface area (TPSA) is 68.7 Å². The zero-order valence-electron chi connectivity index (χ0n) is 18.6. The van der Waals surface area contributed by atoms with Gasteiger partial charge in [-0.2, -0.15) is 0 Å². The van der Waals surface area contributed by atoms with Gasteiger partial charge >= 0.3 is 0 Å². The van der Waals surface area contributed by atoms with Gasteiger partial charge in [0.05, 0.1) is 6.54 Å². The average Bonchev–Trinajstić information content (AvgIpc) is 2.77. The summed E-state index contributed by atoms with van der Waals surface area (Å²) in [6.07, 6.45) is 4.71. The molecule has 1 aliphatic heterocycles. The van der Waals surface area contributed by atoms with Crippen LogP contribution in [0.5, 0.6) is 0 Å². The quantitative estimate of drug-likeness (QED) is 0.396. The molecule has 0 bridgehead atoms. The molecule has 1 fully saturated rings. The maximum Gasteiger partial charge on any atom is 0.225 e. The number of nitrogens with one attached hydrogen (secondary N) is 2. The van der Waals surface area contributed by atoms with Crippen molar-refractivity contribution >= 4 is 11.9 Å². The van der Waals surface area contributed by atoms with Crippen LogP contribution in [0.25, 0.3) is 0 Å². The molecular formula is C23H35N7. The van der Waals surface area contributed by atoms with Crippen molar-refractivity contribution in [1.29, 1.82) is 0 Å². The monoisotopic (exact) mass is 409 g/mol. The van der Waals surface area contributed by atoms with E-state index in [1.165, 1.54) is 16.7 Å². The number of aromatic nitrogens is 2. The van der Waals surface area contributed by atoms with E-state index in [2.05, 4.69) is 69.4 Å². The van der Waals surface area contributed by atoms with Gasteiger partial charge in [-0.15, -0.1) is 0 Å². The van der Waals surface area contributed by atoms with Crippen molar-refractivity contribution in [1.82, 2.24) is 25.5 Å². The molecule has 7 heteroatoms. The Morgan fingerprint density at radius 3 is 2.53 bits per heavy atom. The van der Waals surface area contributed by atoms with Gasteiger partial charge in [-0.3, -0.25) is 4.90 Å². The summed E-state index contributed by atoms with van der Waals surface area (Å²) in [6, 6.07) is 8.41. The molecule has 1 aromatic carbocycles. The van der Waals surface area contributed by atoms with Crippen LogP contribution in [0.4, 0.5) is 5.95 Å². The minimum atomic E-state index is 0.699. The van der Waals surface area contributed by atoms with Crippen LogP contribution < -0.4 is 15.5 Å². The lowest BCUT2D eigenvalue weighted by atomic mass is 10.1. The standard InChI is InChI=1S/C23H35N7/c1-4-24-22(28-18-21-8-7-19(2)17-20(21)3)25-11-6-12-29-13-15-30(16-14-29)23-26-9-5-10-27-23/h5,7-10,17H,4,6,11-16,18H2,1-3H3,(H2,24,25,28). The van der Waals surface area contributed by atoms with E-state index in [1.807, 2.05) is 18.5 Å². The van der Waals surface area contributed by atoms with Crippen molar-refractivity contribution in [2.45, 2.75) is 33.7 Å². The van der Waals surface area contributed by atoms with Crippen LogP contribution in [-0.4, -0.2) is 66.6 Å². The zero-order valence-corrected chi connectivity index (χ0v) is 18.6. The molecule has 0 spiro atoms. The zero-order chi connectivity index (χ0) is 21.2. The number of rotatable bonds is 8. The maximum atomic E-state index is 4.76. The van der Waals surface area contributed by atoms with Crippen LogP contribution in [0, 0.1) is 13.8 Å². The van der Waals surface area contributed by atoms with E-state index in [4.69, 9.17) is 4.99 Å². The van der Waals surface area contributed by atoms with Gasteiger partial charge in [0, 0.05) is 51.7 Å². The SMILES string of the molecule is CCNC(=NCc1ccc(C)cc1C)NCCCN1CCN(c2ncccn2)CC1. The number of nitrogens with zero attached hydrogens (tertiary/aromatic N) is 5. The highest BCUT2D eigenvalue weighted by Gasteiger charge is 2.18. The van der Waals surface area contributed by atoms with E-state index in [9.17, 15) is 0 Å². The maximum absolute atomic E-state index is 4.76. The molecule has 7 nitrogen and oxygen atoms in total. The number of guanidine groups is 1. The predicted molar refractivity (Wildman–Crippen MR) is 124 cm³/mol. The molecule has 0 amide bonds. The second-order valence-corrected chi connectivity index (χ2v) is 7.78. The summed E-state index contributed by atoms with van der Waals surface area (Å²) in [5.41, 5.74) is 3.87. The summed E-state index contributed by atoms with van der Waals surface area (Å²) >= 11 is 0. The molecule has 30 heavy (non-hydrogen) atoms. The number of hydrogen-bond donors (Lipinski definition) is 2. The summed E-state index contributed by atoms with van der Waals surface area (Å²) < 4.78 is 0. The fourth-order valence-corrected chi connectivity index (χ4v) is 3.66. The Hall–Kier alpha value is -2.67. The van der Waals surface area contributed by atoms with Crippen molar-refractivity contribution in [2.75, 3.05) is 50.7 Å². The molecular weight excluding hydrogens is 374 g/mol. The Kier molecular flexibility index (Phi) is 8.44. The van der Waals surface area contributed by atoms with Crippen LogP contribution in [0.1, 0.15) is 30.0 Å². The highest BCUT2D eigenvalue weighted by molar-refractivity contribution is 5.79. The third kappa shape index (κ3) is 6.69. The first-order valence-electron chi connectivity index (χ1n) is 11.0. The minimum absolute atomic E-state index is 0.699. The normalized spacial score (nSPS) is 15.3. The van der Waals surface area contributed by atoms with E-state index >= 15 is 0 Å². The summed E-state index contributed by atoms with van der Waals surface area (Å²) in [7, 11) is 0. The smallest absolute Gasteiger partial charge is 0.225 e. The highest BCUT2D eigenvalue weighted by Crippen LogP contribution is 2.12. The Labute approximate surface area is 180 Å². The molecule has 2 heterocycles. The first kappa shape index (κ1) is 22.0. The third-order valence-electron chi connectivity index (χ3n) is 5.40. The summed E-state index contributed by atoms with van der Waals surface area (Å²) in [6.45, 7) is 14.0. The van der Waals surface area contributed by atoms with Crippen molar-refractivity contribution in [2.24, 2.45) is 4.99 Å². The van der Waals surface area contributed by atoms with Gasteiger partial charge in [-0.1, -0.05) is 23.8 Å². The lowest BCUT2D eigenvalue weighted by molar-refractivity contribution is 0.254. The molecule has 3 rings (SSSR count). The Balaban J connectivity index is 1.38. The van der Waals surface area contributed by atoms with Crippen molar-refractivity contribution in [3.63, 3.8) is 0 Å². The average molecular weight is 410 g/mol. The van der Waals surface area contributed by atoms with Gasteiger partial charge in [0.1, 0.15) is 0 Å². The molecule has 0 aliphatic carbocycles. The number of anilines is 1. The molecule has 0 saturated carbocycles. The van der Waals surface area contributed by atoms with E-state index < -0.39 is 0 Å². The molecule has 1 saturated heterocycles. The second-order valence-electron chi connectivity index (χ2n) is 7.78. The molecule has 2 N–H and O–H groups in total. The van der Waals surface area contributed by atoms with Crippen LogP contribution in [-0.2, 0) is 6.54 Å². The Bertz CT molecular complexity index is 798. The Morgan fingerprint density at radius 2 is 1.83 bits per heavy atom. The van der Waals surface area contributed by atoms with Crippen LogP contribution >= 0.6 is 0 Å². The molecule has 1 aromatic heterocycles. The van der Waals surface area contributed by atoms with E-state index in [0.29, 0.717) is 6.54 Å². The third-order valence-corrected chi connectivity index (χ3v) is 5.40. The summed E-state index contributed by atoms with van der Waals surface area (Å²) in [4.78, 5) is 18.2. The molecule has 2 aromatic rings. The molecule has 0 radical (unpaired) electrons. The summed E-state index contributed by atoms with van der Waals surface area (Å²) in [5, 5.41) is 6.83. The fraction of sp³-hybridized carbons (Fsp3) is 0.522. The molecule has 0 unspecified atom stereocenters. The van der Waals surface area contributed by atoms with Crippen molar-refractivity contribution < 1.29 is 0 Å². The largest absolute Gasteiger partial charge is 0.357 e. The van der Waals surface area contributed by atoms with Crippen LogP contribution in [0.3, 0.4) is 0 Å². The fourth-order valence-electron chi connectivity index (χ4n) is 3.66. The lowest BCUT2D eigenvalue weighted by Crippen LogP contribution is -2.47. The number of benzene rings is 1.